The Morgan fingerprint density at radius 2 is 1.68 bits per heavy atom. The Morgan fingerprint density at radius 1 is 1.00 bits per heavy atom. The first-order valence-electron chi connectivity index (χ1n) is 11.3. The Morgan fingerprint density at radius 3 is 2.32 bits per heavy atom. The molecule has 0 spiro atoms. The van der Waals surface area contributed by atoms with E-state index in [2.05, 4.69) is 54.5 Å². The topological polar surface area (TPSA) is 57.3 Å². The predicted octanol–water partition coefficient (Wildman–Crippen LogP) is 4.94. The molecule has 1 fully saturated rings. The second-order valence-electron chi connectivity index (χ2n) is 9.57. The highest BCUT2D eigenvalue weighted by Gasteiger charge is 2.36. The first-order chi connectivity index (χ1) is 16.2. The fourth-order valence-electron chi connectivity index (χ4n) is 4.30. The molecule has 2 aromatic carbocycles. The van der Waals surface area contributed by atoms with Crippen LogP contribution >= 0.6 is 34.8 Å². The lowest BCUT2D eigenvalue weighted by Gasteiger charge is -2.33. The lowest BCUT2D eigenvalue weighted by Crippen LogP contribution is -3.14. The lowest BCUT2D eigenvalue weighted by molar-refractivity contribution is -0.933. The predicted molar refractivity (Wildman–Crippen MR) is 137 cm³/mol. The number of nitrogens with one attached hydrogen (secondary N) is 1. The number of aromatic nitrogens is 4. The van der Waals surface area contributed by atoms with E-state index >= 15 is 0 Å². The zero-order valence-electron chi connectivity index (χ0n) is 19.5. The number of quaternary nitrogens is 1. The highest BCUT2D eigenvalue weighted by atomic mass is 35.5. The molecule has 3 aromatic rings. The van der Waals surface area contributed by atoms with Gasteiger partial charge in [-0.1, -0.05) is 85.9 Å². The molecule has 1 saturated heterocycles. The molecule has 0 aliphatic carbocycles. The van der Waals surface area contributed by atoms with E-state index in [1.807, 2.05) is 35.0 Å². The summed E-state index contributed by atoms with van der Waals surface area (Å²) in [6.45, 7) is 9.69. The molecule has 0 amide bonds. The van der Waals surface area contributed by atoms with Gasteiger partial charge in [0.1, 0.15) is 13.1 Å². The largest absolute Gasteiger partial charge is 0.370 e. The van der Waals surface area contributed by atoms with Crippen molar-refractivity contribution in [3.8, 4) is 0 Å². The van der Waals surface area contributed by atoms with E-state index in [9.17, 15) is 0 Å². The van der Waals surface area contributed by atoms with Crippen LogP contribution in [0.25, 0.3) is 6.08 Å². The van der Waals surface area contributed by atoms with Crippen LogP contribution in [0.15, 0.2) is 48.5 Å². The number of tetrazole rings is 1. The second kappa shape index (κ2) is 10.8. The number of morpholine rings is 1. The maximum atomic E-state index is 6.42. The SMILES string of the molecule is CC(C)(C)[C@@H](C=Cc1ccc(Cl)cc1Cl)n1nnnc1[C@H](c1ccc(Cl)cc1)[NH+]1CCOCC1. The number of hydrogen-bond donors (Lipinski definition) is 1. The van der Waals surface area contributed by atoms with Gasteiger partial charge in [0, 0.05) is 20.6 Å². The van der Waals surface area contributed by atoms with Crippen LogP contribution in [0.5, 0.6) is 0 Å². The van der Waals surface area contributed by atoms with Crippen LogP contribution in [-0.2, 0) is 4.74 Å². The fourth-order valence-corrected chi connectivity index (χ4v) is 4.90. The van der Waals surface area contributed by atoms with Crippen LogP contribution in [0.2, 0.25) is 15.1 Å². The van der Waals surface area contributed by atoms with Gasteiger partial charge in [0.25, 0.3) is 0 Å². The minimum atomic E-state index is -0.162. The molecule has 4 rings (SSSR count). The van der Waals surface area contributed by atoms with Crippen molar-refractivity contribution in [2.75, 3.05) is 26.3 Å². The normalized spacial score (nSPS) is 17.2. The van der Waals surface area contributed by atoms with Gasteiger partial charge in [-0.3, -0.25) is 0 Å². The van der Waals surface area contributed by atoms with Crippen LogP contribution < -0.4 is 4.90 Å². The number of allylic oxidation sites excluding steroid dienone is 1. The average Bonchev–Trinajstić information content (AvgIpc) is 3.25. The van der Waals surface area contributed by atoms with Crippen molar-refractivity contribution in [1.82, 2.24) is 20.2 Å². The van der Waals surface area contributed by atoms with Crippen LogP contribution in [0.4, 0.5) is 0 Å². The zero-order valence-corrected chi connectivity index (χ0v) is 21.8. The molecule has 6 nitrogen and oxygen atoms in total. The Bertz CT molecular complexity index is 1130. The summed E-state index contributed by atoms with van der Waals surface area (Å²) >= 11 is 18.7. The number of halogens is 3. The smallest absolute Gasteiger partial charge is 0.214 e. The average molecular weight is 522 g/mol. The third-order valence-corrected chi connectivity index (χ3v) is 6.91. The second-order valence-corrected chi connectivity index (χ2v) is 10.9. The molecule has 0 unspecified atom stereocenters. The molecule has 34 heavy (non-hydrogen) atoms. The third kappa shape index (κ3) is 5.81. The molecule has 1 N–H and O–H groups in total. The van der Waals surface area contributed by atoms with E-state index < -0.39 is 0 Å². The molecule has 9 heteroatoms. The molecule has 0 bridgehead atoms. The van der Waals surface area contributed by atoms with E-state index in [1.54, 1.807) is 6.07 Å². The van der Waals surface area contributed by atoms with E-state index in [1.165, 1.54) is 4.90 Å². The van der Waals surface area contributed by atoms with Crippen LogP contribution in [-0.4, -0.2) is 46.5 Å². The molecule has 0 saturated carbocycles. The number of benzene rings is 2. The summed E-state index contributed by atoms with van der Waals surface area (Å²) in [6, 6.07) is 13.3. The minimum absolute atomic E-state index is 0.0477. The number of hydrogen-bond acceptors (Lipinski definition) is 4. The Kier molecular flexibility index (Phi) is 7.95. The standard InChI is InChI=1S/C25H28Cl3N5O/c1-25(2,3)22(11-7-17-4-10-20(27)16-21(17)28)33-24(29-30-31-33)23(32-12-14-34-15-13-32)18-5-8-19(26)9-6-18/h4-11,16,22-23H,12-15H2,1-3H3/p+1/t22-,23+/m1/s1. The zero-order chi connectivity index (χ0) is 24.3. The lowest BCUT2D eigenvalue weighted by atomic mass is 9.86. The number of ether oxygens (including phenoxy) is 1. The highest BCUT2D eigenvalue weighted by molar-refractivity contribution is 6.35. The molecule has 0 radical (unpaired) electrons. The van der Waals surface area contributed by atoms with Crippen molar-refractivity contribution >= 4 is 40.9 Å². The van der Waals surface area contributed by atoms with E-state index in [0.29, 0.717) is 28.3 Å². The maximum absolute atomic E-state index is 6.42. The molecule has 180 valence electrons. The molecular formula is C25H29Cl3N5O+. The minimum Gasteiger partial charge on any atom is -0.370 e. The van der Waals surface area contributed by atoms with Crippen molar-refractivity contribution in [2.24, 2.45) is 5.41 Å². The molecule has 1 aliphatic heterocycles. The van der Waals surface area contributed by atoms with Crippen molar-refractivity contribution in [3.05, 3.63) is 80.6 Å². The molecular weight excluding hydrogens is 493 g/mol. The van der Waals surface area contributed by atoms with Crippen LogP contribution in [0, 0.1) is 5.41 Å². The van der Waals surface area contributed by atoms with Gasteiger partial charge in [-0.25, -0.2) is 4.68 Å². The van der Waals surface area contributed by atoms with Gasteiger partial charge < -0.3 is 9.64 Å². The van der Waals surface area contributed by atoms with Crippen molar-refractivity contribution in [3.63, 3.8) is 0 Å². The van der Waals surface area contributed by atoms with Gasteiger partial charge >= 0.3 is 0 Å². The Hall–Kier alpha value is -1.96. The summed E-state index contributed by atoms with van der Waals surface area (Å²) in [5, 5.41) is 15.0. The molecule has 1 aromatic heterocycles. The van der Waals surface area contributed by atoms with Gasteiger partial charge in [0.2, 0.25) is 5.82 Å². The fraction of sp³-hybridized carbons (Fsp3) is 0.400. The van der Waals surface area contributed by atoms with Crippen LogP contribution in [0.1, 0.15) is 49.8 Å². The molecule has 2 heterocycles. The van der Waals surface area contributed by atoms with E-state index in [-0.39, 0.29) is 17.5 Å². The first-order valence-corrected chi connectivity index (χ1v) is 12.5. The summed E-state index contributed by atoms with van der Waals surface area (Å²) in [4.78, 5) is 1.36. The van der Waals surface area contributed by atoms with Gasteiger partial charge in [-0.2, -0.15) is 0 Å². The van der Waals surface area contributed by atoms with Crippen molar-refractivity contribution < 1.29 is 9.64 Å². The number of nitrogens with zero attached hydrogens (tertiary/aromatic N) is 4. The third-order valence-electron chi connectivity index (χ3n) is 6.09. The summed E-state index contributed by atoms with van der Waals surface area (Å²) in [5.41, 5.74) is 1.85. The van der Waals surface area contributed by atoms with Crippen molar-refractivity contribution in [2.45, 2.75) is 32.9 Å². The summed E-state index contributed by atoms with van der Waals surface area (Å²) in [6.07, 6.45) is 4.13. The van der Waals surface area contributed by atoms with Gasteiger partial charge in [-0.05, 0) is 45.7 Å². The van der Waals surface area contributed by atoms with Crippen molar-refractivity contribution in [1.29, 1.82) is 0 Å². The van der Waals surface area contributed by atoms with E-state index in [0.717, 1.165) is 30.0 Å². The first kappa shape index (κ1) is 25.1. The maximum Gasteiger partial charge on any atom is 0.214 e. The van der Waals surface area contributed by atoms with Gasteiger partial charge in [0.15, 0.2) is 6.04 Å². The Labute approximate surface area is 215 Å². The summed E-state index contributed by atoms with van der Waals surface area (Å²) in [7, 11) is 0. The van der Waals surface area contributed by atoms with Crippen LogP contribution in [0.3, 0.4) is 0 Å². The van der Waals surface area contributed by atoms with E-state index in [4.69, 9.17) is 39.5 Å². The molecule has 2 atom stereocenters. The Balaban J connectivity index is 1.76. The van der Waals surface area contributed by atoms with Gasteiger partial charge in [-0.15, -0.1) is 5.10 Å². The number of rotatable bonds is 6. The monoisotopic (exact) mass is 520 g/mol. The quantitative estimate of drug-likeness (QED) is 0.499. The summed E-state index contributed by atoms with van der Waals surface area (Å²) < 4.78 is 7.57. The summed E-state index contributed by atoms with van der Waals surface area (Å²) in [5.74, 6) is 0.811. The van der Waals surface area contributed by atoms with Gasteiger partial charge in [0.05, 0.1) is 19.3 Å². The molecule has 1 aliphatic rings. The highest BCUT2D eigenvalue weighted by Crippen LogP contribution is 2.34.